The van der Waals surface area contributed by atoms with E-state index >= 15 is 0 Å². The van der Waals surface area contributed by atoms with Crippen LogP contribution in [0.15, 0.2) is 116 Å². The molecule has 0 aliphatic heterocycles. The Morgan fingerprint density at radius 2 is 1.34 bits per heavy atom. The monoisotopic (exact) mass is 594 g/mol. The van der Waals surface area contributed by atoms with E-state index in [0.717, 1.165) is 22.4 Å². The van der Waals surface area contributed by atoms with Gasteiger partial charge < -0.3 is 9.97 Å². The molecule has 0 amide bonds. The second-order valence-corrected chi connectivity index (χ2v) is 6.75. The number of rotatable bonds is 3. The Balaban J connectivity index is 0.000000223. The van der Waals surface area contributed by atoms with Crippen LogP contribution in [-0.4, -0.2) is 9.97 Å². The average Bonchev–Trinajstić information content (AvgIpc) is 2.90. The largest absolute Gasteiger partial charge is 0.305 e. The van der Waals surface area contributed by atoms with Gasteiger partial charge in [-0.3, -0.25) is 0 Å². The van der Waals surface area contributed by atoms with Gasteiger partial charge in [-0.05, 0) is 35.4 Å². The predicted molar refractivity (Wildman–Crippen MR) is 127 cm³/mol. The van der Waals surface area contributed by atoms with Crippen LogP contribution in [-0.2, 0) is 20.1 Å². The van der Waals surface area contributed by atoms with Crippen molar-refractivity contribution in [3.05, 3.63) is 133 Å². The molecule has 0 saturated carbocycles. The molecule has 0 unspecified atom stereocenters. The van der Waals surface area contributed by atoms with Gasteiger partial charge >= 0.3 is 0 Å². The number of hydrogen-bond acceptors (Lipinski definition) is 2. The van der Waals surface area contributed by atoms with Crippen LogP contribution in [0, 0.1) is 19.0 Å². The number of nitrogens with zero attached hydrogens (tertiary/aromatic N) is 2. The second kappa shape index (κ2) is 11.9. The minimum atomic E-state index is -2.20. The van der Waals surface area contributed by atoms with E-state index in [1.54, 1.807) is 24.5 Å². The van der Waals surface area contributed by atoms with E-state index in [1.165, 1.54) is 0 Å². The Morgan fingerprint density at radius 3 is 1.94 bits per heavy atom. The van der Waals surface area contributed by atoms with Crippen LogP contribution < -0.4 is 0 Å². The van der Waals surface area contributed by atoms with E-state index in [9.17, 15) is 0 Å². The molecule has 5 rings (SSSR count). The summed E-state index contributed by atoms with van der Waals surface area (Å²) in [6.07, 6.45) is 3.42. The molecule has 0 bridgehead atoms. The molecule has 32 heavy (non-hydrogen) atoms. The summed E-state index contributed by atoms with van der Waals surface area (Å²) in [5.74, 6) is 0. The molecule has 0 aliphatic rings. The van der Waals surface area contributed by atoms with Gasteiger partial charge in [0.25, 0.3) is 0 Å². The summed E-state index contributed by atoms with van der Waals surface area (Å²) in [7, 11) is 0. The fourth-order valence-electron chi connectivity index (χ4n) is 3.08. The summed E-state index contributed by atoms with van der Waals surface area (Å²) in [6, 6.07) is 38.4. The maximum absolute atomic E-state index is 7.82. The van der Waals surface area contributed by atoms with Crippen LogP contribution in [0.2, 0.25) is 0 Å². The van der Waals surface area contributed by atoms with E-state index in [4.69, 9.17) is 4.11 Å². The van der Waals surface area contributed by atoms with Gasteiger partial charge in [-0.15, -0.1) is 71.8 Å². The van der Waals surface area contributed by atoms with Crippen LogP contribution in [0.4, 0.5) is 0 Å². The number of aromatic nitrogens is 2. The summed E-state index contributed by atoms with van der Waals surface area (Å²) < 4.78 is 23.5. The van der Waals surface area contributed by atoms with Crippen molar-refractivity contribution in [2.24, 2.45) is 0 Å². The van der Waals surface area contributed by atoms with Crippen LogP contribution >= 0.6 is 0 Å². The van der Waals surface area contributed by atoms with Gasteiger partial charge in [0.05, 0.1) is 0 Å². The maximum atomic E-state index is 7.82. The Labute approximate surface area is 207 Å². The van der Waals surface area contributed by atoms with Crippen LogP contribution in [0.3, 0.4) is 0 Å². The number of benzene rings is 3. The Morgan fingerprint density at radius 1 is 0.688 bits per heavy atom. The van der Waals surface area contributed by atoms with E-state index < -0.39 is 6.85 Å². The summed E-state index contributed by atoms with van der Waals surface area (Å²) in [4.78, 5) is 8.64. The first-order valence-corrected chi connectivity index (χ1v) is 9.93. The Kier molecular flexibility index (Phi) is 7.15. The SMILES string of the molecule is [2H]C([2H])([2H])c1cc(-c2[c-]cccc2)ncc1-c1ccccc1.[Ir].[c-]1ccccc1-c1ccccn1. The van der Waals surface area contributed by atoms with Gasteiger partial charge in [0.15, 0.2) is 0 Å². The zero-order chi connectivity index (χ0) is 23.8. The van der Waals surface area contributed by atoms with Crippen LogP contribution in [0.5, 0.6) is 0 Å². The molecular weight excluding hydrogens is 569 g/mol. The minimum Gasteiger partial charge on any atom is -0.305 e. The zero-order valence-corrected chi connectivity index (χ0v) is 19.6. The smallest absolute Gasteiger partial charge is 0.0280 e. The van der Waals surface area contributed by atoms with Crippen molar-refractivity contribution < 1.29 is 24.2 Å². The van der Waals surface area contributed by atoms with E-state index in [2.05, 4.69) is 22.1 Å². The average molecular weight is 594 g/mol. The molecule has 2 nitrogen and oxygen atoms in total. The molecule has 2 aromatic heterocycles. The standard InChI is InChI=1S/C18H14N.C11H8N.Ir/c1-14-12-18(16-10-6-3-7-11-16)19-13-17(14)15-8-4-2-5-9-15;1-2-6-10(7-3-1)11-8-4-5-9-12-11;/h2-10,12-13H,1H3;1-6,8-9H;/q2*-1;/i1D3;;. The third kappa shape index (κ3) is 6.07. The normalized spacial score (nSPS) is 11.6. The number of aryl methyl sites for hydroxylation is 1. The first-order valence-electron chi connectivity index (χ1n) is 11.4. The molecule has 159 valence electrons. The molecule has 5 aromatic rings. The molecule has 0 aliphatic carbocycles. The van der Waals surface area contributed by atoms with Crippen molar-refractivity contribution in [2.75, 3.05) is 0 Å². The third-order valence-electron chi connectivity index (χ3n) is 4.62. The number of pyridine rings is 2. The molecule has 0 spiro atoms. The summed E-state index contributed by atoms with van der Waals surface area (Å²) in [6.45, 7) is -2.20. The topological polar surface area (TPSA) is 25.8 Å². The molecule has 3 aromatic carbocycles. The fraction of sp³-hybridized carbons (Fsp3) is 0.0345. The molecule has 0 atom stereocenters. The zero-order valence-electron chi connectivity index (χ0n) is 20.2. The van der Waals surface area contributed by atoms with Gasteiger partial charge in [0, 0.05) is 42.2 Å². The van der Waals surface area contributed by atoms with Gasteiger partial charge in [0.1, 0.15) is 0 Å². The fourth-order valence-corrected chi connectivity index (χ4v) is 3.08. The van der Waals surface area contributed by atoms with Crippen molar-refractivity contribution in [3.63, 3.8) is 0 Å². The number of hydrogen-bond donors (Lipinski definition) is 0. The third-order valence-corrected chi connectivity index (χ3v) is 4.62. The van der Waals surface area contributed by atoms with Crippen molar-refractivity contribution in [2.45, 2.75) is 6.85 Å². The van der Waals surface area contributed by atoms with Crippen LogP contribution in [0.25, 0.3) is 33.6 Å². The summed E-state index contributed by atoms with van der Waals surface area (Å²) >= 11 is 0. The Bertz CT molecular complexity index is 1270. The predicted octanol–water partition coefficient (Wildman–Crippen LogP) is 7.07. The summed E-state index contributed by atoms with van der Waals surface area (Å²) in [5.41, 5.74) is 5.21. The van der Waals surface area contributed by atoms with E-state index in [-0.39, 0.29) is 20.1 Å². The second-order valence-electron chi connectivity index (χ2n) is 6.75. The first-order chi connectivity index (χ1) is 16.5. The Hall–Kier alpha value is -3.39. The van der Waals surface area contributed by atoms with Crippen molar-refractivity contribution >= 4 is 0 Å². The molecule has 0 N–H and O–H groups in total. The van der Waals surface area contributed by atoms with E-state index in [0.29, 0.717) is 16.8 Å². The van der Waals surface area contributed by atoms with Gasteiger partial charge in [-0.1, -0.05) is 48.5 Å². The quantitative estimate of drug-likeness (QED) is 0.209. The van der Waals surface area contributed by atoms with Crippen LogP contribution in [0.1, 0.15) is 9.68 Å². The maximum Gasteiger partial charge on any atom is 0.0280 e. The van der Waals surface area contributed by atoms with Gasteiger partial charge in [-0.2, -0.15) is 0 Å². The molecule has 1 radical (unpaired) electrons. The van der Waals surface area contributed by atoms with E-state index in [1.807, 2.05) is 91.0 Å². The van der Waals surface area contributed by atoms with Gasteiger partial charge in [-0.25, -0.2) is 0 Å². The minimum absolute atomic E-state index is 0. The molecule has 3 heteroatoms. The molecule has 0 saturated heterocycles. The van der Waals surface area contributed by atoms with Crippen molar-refractivity contribution in [1.29, 1.82) is 0 Å². The van der Waals surface area contributed by atoms with Crippen molar-refractivity contribution in [1.82, 2.24) is 9.97 Å². The van der Waals surface area contributed by atoms with Crippen molar-refractivity contribution in [3.8, 4) is 33.6 Å². The molecular formula is C29H22IrN2-2. The molecule has 0 fully saturated rings. The molecule has 2 heterocycles. The van der Waals surface area contributed by atoms with Gasteiger partial charge in [0.2, 0.25) is 0 Å². The first kappa shape index (κ1) is 19.3. The summed E-state index contributed by atoms with van der Waals surface area (Å²) in [5, 5.41) is 0.